The van der Waals surface area contributed by atoms with Crippen LogP contribution in [0.5, 0.6) is 17.2 Å². The number of hydrogen-bond acceptors (Lipinski definition) is 5. The predicted octanol–water partition coefficient (Wildman–Crippen LogP) is 6.59. The molecule has 0 radical (unpaired) electrons. The summed E-state index contributed by atoms with van der Waals surface area (Å²) in [4.78, 5) is 4.73. The van der Waals surface area contributed by atoms with E-state index >= 15 is 0 Å². The first-order chi connectivity index (χ1) is 16.5. The van der Waals surface area contributed by atoms with Gasteiger partial charge in [0.2, 0.25) is 5.75 Å². The van der Waals surface area contributed by atoms with E-state index in [1.165, 1.54) is 24.3 Å². The highest BCUT2D eigenvalue weighted by molar-refractivity contribution is 5.86. The van der Waals surface area contributed by atoms with Gasteiger partial charge in [-0.25, -0.2) is 8.78 Å². The van der Waals surface area contributed by atoms with E-state index in [1.807, 2.05) is 36.4 Å². The van der Waals surface area contributed by atoms with Crippen molar-refractivity contribution in [2.75, 3.05) is 47.5 Å². The first-order valence-corrected chi connectivity index (χ1v) is 11.3. The van der Waals surface area contributed by atoms with Crippen LogP contribution in [0.4, 0.5) is 8.78 Å². The van der Waals surface area contributed by atoms with Gasteiger partial charge in [0.25, 0.3) is 0 Å². The number of hydrogen-bond donors (Lipinski definition) is 0. The number of rotatable bonds is 8. The number of ether oxygens (including phenoxy) is 3. The minimum atomic E-state index is -0.268. The Morgan fingerprint density at radius 3 is 1.53 bits per heavy atom. The van der Waals surface area contributed by atoms with Gasteiger partial charge in [0, 0.05) is 38.3 Å². The van der Waals surface area contributed by atoms with Crippen LogP contribution in [-0.4, -0.2) is 57.3 Å². The van der Waals surface area contributed by atoms with Crippen LogP contribution < -0.4 is 14.2 Å². The molecule has 5 nitrogen and oxygen atoms in total. The fourth-order valence-electron chi connectivity index (χ4n) is 4.61. The molecular formula is C27H34Cl4F2N2O3. The quantitative estimate of drug-likeness (QED) is 0.286. The van der Waals surface area contributed by atoms with Crippen LogP contribution in [0, 0.1) is 11.6 Å². The zero-order valence-electron chi connectivity index (χ0n) is 21.4. The third kappa shape index (κ3) is 8.25. The van der Waals surface area contributed by atoms with Gasteiger partial charge in [0.05, 0.1) is 27.4 Å². The maximum Gasteiger partial charge on any atom is 0.203 e. The van der Waals surface area contributed by atoms with Gasteiger partial charge in [-0.2, -0.15) is 0 Å². The molecule has 4 rings (SSSR count). The van der Waals surface area contributed by atoms with Crippen LogP contribution in [0.25, 0.3) is 0 Å². The van der Waals surface area contributed by atoms with Crippen LogP contribution >= 0.6 is 49.6 Å². The molecule has 0 aliphatic carbocycles. The summed E-state index contributed by atoms with van der Waals surface area (Å²) in [6.45, 7) is 4.03. The van der Waals surface area contributed by atoms with Gasteiger partial charge in [-0.3, -0.25) is 9.80 Å². The highest BCUT2D eigenvalue weighted by Crippen LogP contribution is 2.40. The molecule has 0 aromatic heterocycles. The topological polar surface area (TPSA) is 34.2 Å². The van der Waals surface area contributed by atoms with Crippen LogP contribution in [0.1, 0.15) is 22.7 Å². The maximum absolute atomic E-state index is 13.6. The minimum Gasteiger partial charge on any atom is -0.493 e. The molecule has 0 spiro atoms. The molecule has 1 aliphatic rings. The van der Waals surface area contributed by atoms with Crippen molar-refractivity contribution in [1.29, 1.82) is 0 Å². The second kappa shape index (κ2) is 16.9. The number of nitrogens with zero attached hydrogens (tertiary/aromatic N) is 2. The van der Waals surface area contributed by atoms with Crippen molar-refractivity contribution >= 4 is 49.6 Å². The molecule has 1 heterocycles. The van der Waals surface area contributed by atoms with Crippen molar-refractivity contribution in [2.24, 2.45) is 0 Å². The Labute approximate surface area is 248 Å². The van der Waals surface area contributed by atoms with Gasteiger partial charge in [-0.1, -0.05) is 30.3 Å². The summed E-state index contributed by atoms with van der Waals surface area (Å²) >= 11 is 0. The monoisotopic (exact) mass is 612 g/mol. The first kappa shape index (κ1) is 36.0. The zero-order chi connectivity index (χ0) is 24.1. The normalized spacial score (nSPS) is 13.3. The second-order valence-electron chi connectivity index (χ2n) is 8.31. The first-order valence-electron chi connectivity index (χ1n) is 11.3. The minimum absolute atomic E-state index is 0. The van der Waals surface area contributed by atoms with E-state index in [4.69, 9.17) is 14.2 Å². The highest BCUT2D eigenvalue weighted by atomic mass is 35.5. The van der Waals surface area contributed by atoms with Gasteiger partial charge >= 0.3 is 0 Å². The summed E-state index contributed by atoms with van der Waals surface area (Å²) in [6, 6.07) is 17.0. The molecule has 3 aromatic rings. The molecule has 1 aliphatic heterocycles. The van der Waals surface area contributed by atoms with Crippen LogP contribution in [-0.2, 0) is 6.54 Å². The second-order valence-corrected chi connectivity index (χ2v) is 8.31. The summed E-state index contributed by atoms with van der Waals surface area (Å²) in [5, 5.41) is 0. The summed E-state index contributed by atoms with van der Waals surface area (Å²) in [5.41, 5.74) is 3.01. The molecule has 1 saturated heterocycles. The lowest BCUT2D eigenvalue weighted by Crippen LogP contribution is -2.47. The summed E-state index contributed by atoms with van der Waals surface area (Å²) in [6.07, 6.45) is 0. The van der Waals surface area contributed by atoms with E-state index < -0.39 is 0 Å². The maximum atomic E-state index is 13.6. The average Bonchev–Trinajstić information content (AvgIpc) is 2.87. The molecule has 0 atom stereocenters. The van der Waals surface area contributed by atoms with Crippen LogP contribution in [0.3, 0.4) is 0 Å². The molecule has 0 N–H and O–H groups in total. The summed E-state index contributed by atoms with van der Waals surface area (Å²) in [7, 11) is 4.84. The van der Waals surface area contributed by atoms with E-state index in [9.17, 15) is 8.78 Å². The van der Waals surface area contributed by atoms with Gasteiger partial charge < -0.3 is 14.2 Å². The number of benzene rings is 3. The average molecular weight is 614 g/mol. The molecule has 1 fully saturated rings. The number of halogens is 6. The van der Waals surface area contributed by atoms with Crippen molar-refractivity contribution in [2.45, 2.75) is 12.6 Å². The lowest BCUT2D eigenvalue weighted by molar-refractivity contribution is 0.104. The summed E-state index contributed by atoms with van der Waals surface area (Å²) < 4.78 is 43.7. The van der Waals surface area contributed by atoms with Crippen LogP contribution in [0.15, 0.2) is 60.7 Å². The molecule has 0 saturated carbocycles. The lowest BCUT2D eigenvalue weighted by atomic mass is 9.96. The molecule has 0 bridgehead atoms. The van der Waals surface area contributed by atoms with Crippen molar-refractivity contribution in [3.8, 4) is 17.2 Å². The smallest absolute Gasteiger partial charge is 0.203 e. The van der Waals surface area contributed by atoms with Gasteiger partial charge in [-0.05, 0) is 41.5 Å². The molecular weight excluding hydrogens is 580 g/mol. The Morgan fingerprint density at radius 1 is 0.632 bits per heavy atom. The molecule has 38 heavy (non-hydrogen) atoms. The van der Waals surface area contributed by atoms with Crippen molar-refractivity contribution in [1.82, 2.24) is 9.80 Å². The molecule has 11 heteroatoms. The fourth-order valence-corrected chi connectivity index (χ4v) is 4.61. The summed E-state index contributed by atoms with van der Waals surface area (Å²) in [5.74, 6) is 1.37. The Morgan fingerprint density at radius 2 is 1.11 bits per heavy atom. The highest BCUT2D eigenvalue weighted by Gasteiger charge is 2.27. The van der Waals surface area contributed by atoms with Crippen molar-refractivity contribution in [3.63, 3.8) is 0 Å². The molecule has 212 valence electrons. The Balaban J connectivity index is 0.00000342. The molecule has 0 amide bonds. The SMILES string of the molecule is COc1ccc(CN2CCN(C(c3ccc(F)cc3)c3ccc(F)cc3)CC2)c(OC)c1OC.Cl.Cl.Cl.Cl. The van der Waals surface area contributed by atoms with Crippen molar-refractivity contribution < 1.29 is 23.0 Å². The Hall–Kier alpha value is -2.00. The predicted molar refractivity (Wildman–Crippen MR) is 157 cm³/mol. The van der Waals surface area contributed by atoms with E-state index in [0.29, 0.717) is 17.2 Å². The number of methoxy groups -OCH3 is 3. The zero-order valence-corrected chi connectivity index (χ0v) is 24.7. The molecule has 3 aromatic carbocycles. The van der Waals surface area contributed by atoms with E-state index in [0.717, 1.165) is 49.4 Å². The van der Waals surface area contributed by atoms with E-state index in [2.05, 4.69) is 9.80 Å². The van der Waals surface area contributed by atoms with Crippen LogP contribution in [0.2, 0.25) is 0 Å². The lowest BCUT2D eigenvalue weighted by Gasteiger charge is -2.40. The largest absolute Gasteiger partial charge is 0.493 e. The fraction of sp³-hybridized carbons (Fsp3) is 0.333. The van der Waals surface area contributed by atoms with Gasteiger partial charge in [0.15, 0.2) is 11.5 Å². The van der Waals surface area contributed by atoms with Gasteiger partial charge in [0.1, 0.15) is 11.6 Å². The molecule has 0 unspecified atom stereocenters. The van der Waals surface area contributed by atoms with Crippen molar-refractivity contribution in [3.05, 3.63) is 89.0 Å². The number of piperazine rings is 1. The third-order valence-electron chi connectivity index (χ3n) is 6.32. The van der Waals surface area contributed by atoms with Gasteiger partial charge in [-0.15, -0.1) is 49.6 Å². The third-order valence-corrected chi connectivity index (χ3v) is 6.32. The Kier molecular flexibility index (Phi) is 16.0. The standard InChI is InChI=1S/C27H30F2N2O3.4ClH/c1-32-24-13-8-21(26(33-2)27(24)34-3)18-30-14-16-31(17-15-30)25(19-4-9-22(28)10-5-19)20-6-11-23(29)12-7-20;;;;/h4-13,25H,14-18H2,1-3H3;4*1H. The van der Waals surface area contributed by atoms with E-state index in [1.54, 1.807) is 21.3 Å². The van der Waals surface area contributed by atoms with E-state index in [-0.39, 0.29) is 67.3 Å². The Bertz CT molecular complexity index is 1060.